The second kappa shape index (κ2) is 4.15. The van der Waals surface area contributed by atoms with Gasteiger partial charge in [0.15, 0.2) is 0 Å². The highest BCUT2D eigenvalue weighted by molar-refractivity contribution is 6.09. The summed E-state index contributed by atoms with van der Waals surface area (Å²) in [6, 6.07) is 7.20. The zero-order chi connectivity index (χ0) is 13.5. The van der Waals surface area contributed by atoms with E-state index in [2.05, 4.69) is 15.0 Å². The van der Waals surface area contributed by atoms with Crippen molar-refractivity contribution in [1.82, 2.24) is 9.97 Å². The van der Waals surface area contributed by atoms with Crippen LogP contribution in [-0.4, -0.2) is 28.4 Å². The first-order valence-electron chi connectivity index (χ1n) is 5.58. The molecule has 0 spiro atoms. The third-order valence-corrected chi connectivity index (χ3v) is 2.87. The van der Waals surface area contributed by atoms with Gasteiger partial charge < -0.3 is 0 Å². The summed E-state index contributed by atoms with van der Waals surface area (Å²) in [6.45, 7) is -0.00412. The lowest BCUT2D eigenvalue weighted by Gasteiger charge is -2.04. The minimum absolute atomic E-state index is 0.00412. The number of allylic oxidation sites excluding steroid dienone is 1. The van der Waals surface area contributed by atoms with E-state index < -0.39 is 11.9 Å². The van der Waals surface area contributed by atoms with Crippen molar-refractivity contribution in [2.75, 3.05) is 6.54 Å². The number of nitrogens with zero attached hydrogens (tertiary/aromatic N) is 3. The molecule has 0 unspecified atom stereocenters. The zero-order valence-corrected chi connectivity index (χ0v) is 9.65. The van der Waals surface area contributed by atoms with Crippen molar-refractivity contribution < 1.29 is 13.2 Å². The number of alkyl halides is 3. The molecule has 0 atom stereocenters. The van der Waals surface area contributed by atoms with Crippen molar-refractivity contribution >= 4 is 22.2 Å². The largest absolute Gasteiger partial charge is 0.432 e. The number of aromatic nitrogens is 2. The maximum absolute atomic E-state index is 12.6. The lowest BCUT2D eigenvalue weighted by molar-refractivity contribution is -0.0576. The number of aliphatic imine (C=N–C) groups is 1. The molecule has 3 nitrogen and oxygen atoms in total. The van der Waals surface area contributed by atoms with E-state index in [9.17, 15) is 13.2 Å². The maximum Gasteiger partial charge on any atom is 0.432 e. The van der Waals surface area contributed by atoms with E-state index in [1.165, 1.54) is 6.33 Å². The summed E-state index contributed by atoms with van der Waals surface area (Å²) in [5, 5.41) is 0.731. The van der Waals surface area contributed by atoms with Gasteiger partial charge in [0.25, 0.3) is 0 Å². The van der Waals surface area contributed by atoms with Crippen LogP contribution in [0.15, 0.2) is 41.7 Å². The number of hydrogen-bond donors (Lipinski definition) is 0. The number of fused-ring (bicyclic) bond motifs is 1. The van der Waals surface area contributed by atoms with E-state index in [1.807, 2.05) is 6.07 Å². The molecular weight excluding hydrogens is 255 g/mol. The smallest absolute Gasteiger partial charge is 0.276 e. The molecule has 1 aliphatic heterocycles. The molecule has 0 aliphatic carbocycles. The molecule has 2 heterocycles. The van der Waals surface area contributed by atoms with Gasteiger partial charge in [0.2, 0.25) is 0 Å². The third kappa shape index (κ3) is 2.09. The van der Waals surface area contributed by atoms with Crippen molar-refractivity contribution in [1.29, 1.82) is 0 Å². The Hall–Kier alpha value is -2.24. The van der Waals surface area contributed by atoms with Crippen molar-refractivity contribution in [3.8, 4) is 0 Å². The van der Waals surface area contributed by atoms with Crippen LogP contribution < -0.4 is 0 Å². The second-order valence-corrected chi connectivity index (χ2v) is 4.11. The Balaban J connectivity index is 2.08. The lowest BCUT2D eigenvalue weighted by atomic mass is 10.1. The fourth-order valence-corrected chi connectivity index (χ4v) is 2.00. The van der Waals surface area contributed by atoms with Gasteiger partial charge in [-0.25, -0.2) is 9.97 Å². The van der Waals surface area contributed by atoms with Gasteiger partial charge in [-0.1, -0.05) is 18.2 Å². The number of rotatable bonds is 1. The molecule has 6 heteroatoms. The predicted molar refractivity (Wildman–Crippen MR) is 65.9 cm³/mol. The maximum atomic E-state index is 12.6. The first-order chi connectivity index (χ1) is 9.05. The van der Waals surface area contributed by atoms with E-state index in [0.717, 1.165) is 11.5 Å². The molecule has 0 N–H and O–H groups in total. The Kier molecular flexibility index (Phi) is 2.58. The lowest BCUT2D eigenvalue weighted by Crippen LogP contribution is -2.19. The molecule has 0 bridgehead atoms. The van der Waals surface area contributed by atoms with Gasteiger partial charge in [-0.05, 0) is 12.1 Å². The molecule has 0 radical (unpaired) electrons. The van der Waals surface area contributed by atoms with E-state index in [-0.39, 0.29) is 6.54 Å². The standard InChI is InChI=1S/C13H8F3N3/c14-13(15,16)11-5-8(6-17-11)12-9-3-1-2-4-10(9)18-7-19-12/h1-5,7H,6H2. The van der Waals surface area contributed by atoms with Gasteiger partial charge in [0, 0.05) is 11.0 Å². The Labute approximate surface area is 106 Å². The molecule has 0 saturated carbocycles. The topological polar surface area (TPSA) is 38.1 Å². The van der Waals surface area contributed by atoms with Gasteiger partial charge in [0.1, 0.15) is 12.0 Å². The Morgan fingerprint density at radius 2 is 1.84 bits per heavy atom. The quantitative estimate of drug-likeness (QED) is 0.793. The van der Waals surface area contributed by atoms with Gasteiger partial charge >= 0.3 is 6.18 Å². The summed E-state index contributed by atoms with van der Waals surface area (Å²) in [7, 11) is 0. The number of para-hydroxylation sites is 1. The molecule has 3 rings (SSSR count). The Morgan fingerprint density at radius 3 is 2.58 bits per heavy atom. The van der Waals surface area contributed by atoms with Crippen LogP contribution in [0.3, 0.4) is 0 Å². The van der Waals surface area contributed by atoms with Crippen LogP contribution in [0.5, 0.6) is 0 Å². The number of halogens is 3. The van der Waals surface area contributed by atoms with Crippen molar-refractivity contribution in [2.24, 2.45) is 4.99 Å². The predicted octanol–water partition coefficient (Wildman–Crippen LogP) is 3.03. The first kappa shape index (κ1) is 11.8. The van der Waals surface area contributed by atoms with Gasteiger partial charge in [-0.3, -0.25) is 4.99 Å². The Bertz CT molecular complexity index is 696. The molecule has 1 aromatic heterocycles. The van der Waals surface area contributed by atoms with E-state index in [1.54, 1.807) is 18.2 Å². The van der Waals surface area contributed by atoms with Crippen LogP contribution in [0.1, 0.15) is 5.69 Å². The molecule has 2 aromatic rings. The van der Waals surface area contributed by atoms with Crippen molar-refractivity contribution in [3.63, 3.8) is 0 Å². The minimum Gasteiger partial charge on any atom is -0.276 e. The van der Waals surface area contributed by atoms with Crippen molar-refractivity contribution in [2.45, 2.75) is 6.18 Å². The molecule has 0 saturated heterocycles. The summed E-state index contributed by atoms with van der Waals surface area (Å²) in [4.78, 5) is 11.7. The van der Waals surface area contributed by atoms with Gasteiger partial charge in [-0.15, -0.1) is 0 Å². The fourth-order valence-electron chi connectivity index (χ4n) is 2.00. The van der Waals surface area contributed by atoms with Crippen LogP contribution in [0.25, 0.3) is 16.5 Å². The molecule has 0 fully saturated rings. The Morgan fingerprint density at radius 1 is 1.05 bits per heavy atom. The number of hydrogen-bond acceptors (Lipinski definition) is 3. The zero-order valence-electron chi connectivity index (χ0n) is 9.65. The molecule has 96 valence electrons. The summed E-state index contributed by atoms with van der Waals surface area (Å²) in [6.07, 6.45) is -2.01. The molecule has 19 heavy (non-hydrogen) atoms. The highest BCUT2D eigenvalue weighted by Crippen LogP contribution is 2.29. The SMILES string of the molecule is FC(F)(F)C1=NCC(c2ncnc3ccccc23)=C1. The average molecular weight is 263 g/mol. The van der Waals surface area contributed by atoms with Crippen LogP contribution in [-0.2, 0) is 0 Å². The summed E-state index contributed by atoms with van der Waals surface area (Å²) in [5.41, 5.74) is 0.818. The summed E-state index contributed by atoms with van der Waals surface area (Å²) < 4.78 is 37.7. The van der Waals surface area contributed by atoms with Crippen molar-refractivity contribution in [3.05, 3.63) is 42.4 Å². The van der Waals surface area contributed by atoms with Crippen LogP contribution in [0, 0.1) is 0 Å². The molecular formula is C13H8F3N3. The van der Waals surface area contributed by atoms with Gasteiger partial charge in [0.05, 0.1) is 17.8 Å². The molecule has 0 amide bonds. The summed E-state index contributed by atoms with van der Waals surface area (Å²) in [5.74, 6) is 0. The van der Waals surface area contributed by atoms with Crippen LogP contribution in [0.4, 0.5) is 13.2 Å². The minimum atomic E-state index is -4.41. The van der Waals surface area contributed by atoms with E-state index in [0.29, 0.717) is 16.8 Å². The highest BCUT2D eigenvalue weighted by atomic mass is 19.4. The molecule has 1 aliphatic rings. The summed E-state index contributed by atoms with van der Waals surface area (Å²) >= 11 is 0. The van der Waals surface area contributed by atoms with E-state index in [4.69, 9.17) is 0 Å². The van der Waals surface area contributed by atoms with Gasteiger partial charge in [-0.2, -0.15) is 13.2 Å². The van der Waals surface area contributed by atoms with E-state index >= 15 is 0 Å². The number of benzene rings is 1. The first-order valence-corrected chi connectivity index (χ1v) is 5.58. The monoisotopic (exact) mass is 263 g/mol. The fraction of sp³-hybridized carbons (Fsp3) is 0.154. The van der Waals surface area contributed by atoms with Crippen LogP contribution in [0.2, 0.25) is 0 Å². The highest BCUT2D eigenvalue weighted by Gasteiger charge is 2.36. The average Bonchev–Trinajstić information content (AvgIpc) is 2.87. The third-order valence-electron chi connectivity index (χ3n) is 2.87. The van der Waals surface area contributed by atoms with Crippen LogP contribution >= 0.6 is 0 Å². The second-order valence-electron chi connectivity index (χ2n) is 4.11. The normalized spacial score (nSPS) is 15.5. The molecule has 1 aromatic carbocycles.